The van der Waals surface area contributed by atoms with Crippen LogP contribution in [-0.4, -0.2) is 40.0 Å². The van der Waals surface area contributed by atoms with E-state index >= 15 is 0 Å². The Morgan fingerprint density at radius 2 is 1.39 bits per heavy atom. The van der Waals surface area contributed by atoms with Crippen molar-refractivity contribution < 1.29 is 58.4 Å². The van der Waals surface area contributed by atoms with Crippen LogP contribution in [0.5, 0.6) is 0 Å². The van der Waals surface area contributed by atoms with Gasteiger partial charge in [-0.15, -0.1) is 0 Å². The number of hydrogen-bond acceptors (Lipinski definition) is 3. The predicted molar refractivity (Wildman–Crippen MR) is 129 cm³/mol. The highest BCUT2D eigenvalue weighted by Crippen LogP contribution is 2.42. The van der Waals surface area contributed by atoms with Crippen molar-refractivity contribution in [2.75, 3.05) is 0 Å². The standard InChI is InChI=1S/C26H25BF9NO4/c1-13-20(14-8-17(25(31,32)33)11-18(9-14)26(34,35)36)39-21(38)37(13)12-15-10-16(24(28,29)30)6-7-19(15)27-40-22(2,3)23(4,5)41-27/h6-11,13,20H,12H2,1-5H3/p+1/t13-,20-/m0/s1. The molecule has 0 bridgehead atoms. The number of alkyl halides is 9. The van der Waals surface area contributed by atoms with E-state index in [-0.39, 0.29) is 17.1 Å². The Hall–Kier alpha value is -2.94. The molecule has 2 saturated heterocycles. The van der Waals surface area contributed by atoms with Crippen LogP contribution in [-0.2, 0) is 34.5 Å². The molecule has 2 heterocycles. The Morgan fingerprint density at radius 3 is 1.85 bits per heavy atom. The fraction of sp³-hybridized carbons (Fsp3) is 0.500. The Bertz CT molecular complexity index is 1290. The average Bonchev–Trinajstić information content (AvgIpc) is 3.21. The van der Waals surface area contributed by atoms with Crippen LogP contribution >= 0.6 is 0 Å². The van der Waals surface area contributed by atoms with Gasteiger partial charge in [-0.25, -0.2) is 4.79 Å². The molecule has 0 aromatic heterocycles. The highest BCUT2D eigenvalue weighted by atomic mass is 19.4. The van der Waals surface area contributed by atoms with Gasteiger partial charge in [0, 0.05) is 20.4 Å². The minimum atomic E-state index is -5.12. The number of cyclic esters (lactones) is 1. The third kappa shape index (κ3) is 6.01. The van der Waals surface area contributed by atoms with Gasteiger partial charge in [0.1, 0.15) is 11.7 Å². The summed E-state index contributed by atoms with van der Waals surface area (Å²) >= 11 is 0. The summed E-state index contributed by atoms with van der Waals surface area (Å²) < 4.78 is 137. The van der Waals surface area contributed by atoms with E-state index < -0.39 is 83.9 Å². The number of benzene rings is 2. The van der Waals surface area contributed by atoms with Gasteiger partial charge in [0.05, 0.1) is 28.2 Å². The van der Waals surface area contributed by atoms with Crippen molar-refractivity contribution in [2.24, 2.45) is 0 Å². The van der Waals surface area contributed by atoms with Crippen molar-refractivity contribution in [2.45, 2.75) is 83.0 Å². The molecule has 2 aliphatic rings. The second-order valence-electron chi connectivity index (χ2n) is 11.1. The highest BCUT2D eigenvalue weighted by molar-refractivity contribution is 6.62. The molecule has 2 atom stereocenters. The van der Waals surface area contributed by atoms with Crippen LogP contribution in [0, 0.1) is 0 Å². The number of carbonyl (C=O) groups is 1. The molecular formula is C26H26BF9NO4+. The molecular weight excluding hydrogens is 572 g/mol. The molecule has 224 valence electrons. The summed E-state index contributed by atoms with van der Waals surface area (Å²) in [6.45, 7) is 7.90. The average molecular weight is 598 g/mol. The van der Waals surface area contributed by atoms with E-state index in [9.17, 15) is 44.3 Å². The molecule has 0 spiro atoms. The van der Waals surface area contributed by atoms with Crippen LogP contribution in [0.1, 0.15) is 68.5 Å². The van der Waals surface area contributed by atoms with Crippen molar-refractivity contribution in [3.63, 3.8) is 0 Å². The summed E-state index contributed by atoms with van der Waals surface area (Å²) in [4.78, 5) is 13.8. The second kappa shape index (κ2) is 9.82. The molecule has 15 heteroatoms. The minimum Gasteiger partial charge on any atom is -0.505 e. The third-order valence-electron chi connectivity index (χ3n) is 7.73. The molecule has 2 fully saturated rings. The van der Waals surface area contributed by atoms with Crippen LogP contribution in [0.4, 0.5) is 44.3 Å². The normalized spacial score (nSPS) is 22.8. The van der Waals surface area contributed by atoms with Gasteiger partial charge < -0.3 is 14.0 Å². The first-order valence-electron chi connectivity index (χ1n) is 12.4. The van der Waals surface area contributed by atoms with Gasteiger partial charge in [-0.3, -0.25) is 4.90 Å². The third-order valence-corrected chi connectivity index (χ3v) is 7.73. The van der Waals surface area contributed by atoms with E-state index in [2.05, 4.69) is 4.65 Å². The number of aliphatic hydroxyl groups is 1. The molecule has 1 N–H and O–H groups in total. The topological polar surface area (TPSA) is 51.6 Å². The summed E-state index contributed by atoms with van der Waals surface area (Å²) in [5, 5.41) is 0. The van der Waals surface area contributed by atoms with E-state index in [1.54, 1.807) is 27.7 Å². The summed E-state index contributed by atoms with van der Waals surface area (Å²) in [7, 11) is -1.00. The predicted octanol–water partition coefficient (Wildman–Crippen LogP) is 6.64. The molecule has 2 aromatic rings. The summed E-state index contributed by atoms with van der Waals surface area (Å²) in [5.74, 6) is 0. The molecule has 5 nitrogen and oxygen atoms in total. The first-order valence-corrected chi connectivity index (χ1v) is 12.4. The number of nitrogens with zero attached hydrogens (tertiary/aromatic N) is 1. The zero-order valence-electron chi connectivity index (χ0n) is 22.4. The maximum atomic E-state index is 13.6. The highest BCUT2D eigenvalue weighted by Gasteiger charge is 2.60. The number of carbonyl (C=O) groups excluding carboxylic acids is 1. The lowest BCUT2D eigenvalue weighted by molar-refractivity contribution is -0.143. The van der Waals surface area contributed by atoms with E-state index in [0.717, 1.165) is 17.0 Å². The van der Waals surface area contributed by atoms with Crippen LogP contribution in [0.2, 0.25) is 0 Å². The van der Waals surface area contributed by atoms with Crippen molar-refractivity contribution >= 4 is 18.7 Å². The van der Waals surface area contributed by atoms with Gasteiger partial charge in [0.25, 0.3) is 0 Å². The van der Waals surface area contributed by atoms with Gasteiger partial charge in [0.2, 0.25) is 0 Å². The molecule has 2 aromatic carbocycles. The fourth-order valence-corrected chi connectivity index (χ4v) is 4.68. The fourth-order valence-electron chi connectivity index (χ4n) is 4.68. The number of halogens is 9. The number of rotatable bonds is 4. The van der Waals surface area contributed by atoms with Crippen LogP contribution < -0.4 is 5.46 Å². The van der Waals surface area contributed by atoms with E-state index in [0.29, 0.717) is 12.1 Å². The quantitative estimate of drug-likeness (QED) is 0.226. The zero-order chi connectivity index (χ0) is 30.9. The van der Waals surface area contributed by atoms with E-state index in [4.69, 9.17) is 9.39 Å². The van der Waals surface area contributed by atoms with E-state index in [1.165, 1.54) is 13.0 Å². The Balaban J connectivity index is 1.72. The molecule has 1 amide bonds. The Kier molecular flexibility index (Phi) is 7.43. The maximum Gasteiger partial charge on any atom is 0.733 e. The first kappa shape index (κ1) is 31.0. The minimum absolute atomic E-state index is 0.0217. The molecule has 4 rings (SSSR count). The van der Waals surface area contributed by atoms with Crippen molar-refractivity contribution in [3.8, 4) is 0 Å². The van der Waals surface area contributed by atoms with Gasteiger partial charge in [-0.05, 0) is 56.2 Å². The molecule has 0 aliphatic carbocycles. The lowest BCUT2D eigenvalue weighted by Crippen LogP contribution is -2.44. The molecule has 0 radical (unpaired) electrons. The SMILES string of the molecule is C[C@H]1[C@@H](c2cc(C(F)(F)F)cc(C(F)(F)F)c2)OC(=O)N1Cc1cc(C(F)(F)F)ccc1B1OC(C)(C)C(C)(C)[OH+]1. The smallest absolute Gasteiger partial charge is 0.505 e. The monoisotopic (exact) mass is 598 g/mol. The number of hydrogen-bond donors (Lipinski definition) is 0. The van der Waals surface area contributed by atoms with Gasteiger partial charge in [-0.1, -0.05) is 12.1 Å². The zero-order valence-corrected chi connectivity index (χ0v) is 22.4. The van der Waals surface area contributed by atoms with Crippen LogP contribution in [0.15, 0.2) is 36.4 Å². The first-order chi connectivity index (χ1) is 18.5. The molecule has 0 unspecified atom stereocenters. The van der Waals surface area contributed by atoms with Gasteiger partial charge in [0.15, 0.2) is 5.60 Å². The van der Waals surface area contributed by atoms with E-state index in [1.807, 2.05) is 0 Å². The second-order valence-corrected chi connectivity index (χ2v) is 11.1. The van der Waals surface area contributed by atoms with Crippen molar-refractivity contribution in [3.05, 3.63) is 64.2 Å². The molecule has 2 aliphatic heterocycles. The lowest BCUT2D eigenvalue weighted by Gasteiger charge is -2.28. The summed E-state index contributed by atoms with van der Waals surface area (Å²) in [5.41, 5.74) is -6.10. The van der Waals surface area contributed by atoms with Crippen molar-refractivity contribution in [1.29, 1.82) is 0 Å². The lowest BCUT2D eigenvalue weighted by atomic mass is 9.75. The Morgan fingerprint density at radius 1 is 0.854 bits per heavy atom. The molecule has 41 heavy (non-hydrogen) atoms. The van der Waals surface area contributed by atoms with Crippen LogP contribution in [0.25, 0.3) is 0 Å². The largest absolute Gasteiger partial charge is 0.733 e. The summed E-state index contributed by atoms with van der Waals surface area (Å²) in [6.07, 6.45) is -17.7. The maximum absolute atomic E-state index is 13.6. The summed E-state index contributed by atoms with van der Waals surface area (Å²) in [6, 6.07) is 2.54. The Labute approximate surface area is 229 Å². The molecule has 0 saturated carbocycles. The number of ether oxygens (including phenoxy) is 1. The van der Waals surface area contributed by atoms with Gasteiger partial charge in [-0.2, -0.15) is 39.5 Å². The number of amides is 1. The van der Waals surface area contributed by atoms with Crippen LogP contribution in [0.3, 0.4) is 0 Å². The van der Waals surface area contributed by atoms with Crippen molar-refractivity contribution in [1.82, 2.24) is 4.90 Å². The van der Waals surface area contributed by atoms with Gasteiger partial charge >= 0.3 is 31.7 Å².